The Morgan fingerprint density at radius 2 is 1.65 bits per heavy atom. The van der Waals surface area contributed by atoms with Gasteiger partial charge in [0, 0.05) is 19.1 Å². The van der Waals surface area contributed by atoms with Gasteiger partial charge in [0.2, 0.25) is 17.7 Å². The van der Waals surface area contributed by atoms with Crippen LogP contribution in [0.2, 0.25) is 0 Å². The van der Waals surface area contributed by atoms with Gasteiger partial charge in [0.05, 0.1) is 18.6 Å². The Kier molecular flexibility index (Phi) is 10.1. The van der Waals surface area contributed by atoms with Crippen LogP contribution in [0.4, 0.5) is 4.79 Å². The van der Waals surface area contributed by atoms with Gasteiger partial charge in [-0.3, -0.25) is 14.4 Å². The minimum absolute atomic E-state index is 0.107. The molecule has 1 heterocycles. The second-order valence-electron chi connectivity index (χ2n) is 11.8. The van der Waals surface area contributed by atoms with E-state index in [-0.39, 0.29) is 54.8 Å². The summed E-state index contributed by atoms with van der Waals surface area (Å²) in [6, 6.07) is 5.88. The first-order valence-electron chi connectivity index (χ1n) is 14.9. The molecule has 1 aromatic carbocycles. The number of rotatable bonds is 8. The molecule has 0 bridgehead atoms. The predicted octanol–water partition coefficient (Wildman–Crippen LogP) is 2.09. The third kappa shape index (κ3) is 6.95. The average molecular weight is 555 g/mol. The Morgan fingerprint density at radius 1 is 0.925 bits per heavy atom. The summed E-state index contributed by atoms with van der Waals surface area (Å²) in [4.78, 5) is 56.9. The van der Waals surface area contributed by atoms with Crippen LogP contribution in [0.3, 0.4) is 0 Å². The van der Waals surface area contributed by atoms with E-state index in [4.69, 9.17) is 0 Å². The minimum atomic E-state index is -0.857. The smallest absolute Gasteiger partial charge is 0.317 e. The van der Waals surface area contributed by atoms with Crippen molar-refractivity contribution < 1.29 is 19.2 Å². The minimum Gasteiger partial charge on any atom is -0.347 e. The van der Waals surface area contributed by atoms with Crippen LogP contribution in [0.1, 0.15) is 76.5 Å². The molecule has 1 saturated heterocycles. The third-order valence-electron chi connectivity index (χ3n) is 8.68. The van der Waals surface area contributed by atoms with Crippen molar-refractivity contribution in [2.24, 2.45) is 5.92 Å². The van der Waals surface area contributed by atoms with Gasteiger partial charge in [0.1, 0.15) is 12.1 Å². The van der Waals surface area contributed by atoms with Crippen molar-refractivity contribution >= 4 is 23.8 Å². The molecule has 1 unspecified atom stereocenters. The normalized spacial score (nSPS) is 22.8. The van der Waals surface area contributed by atoms with E-state index in [0.29, 0.717) is 6.54 Å². The molecule has 1 aliphatic heterocycles. The Hall–Kier alpha value is -3.14. The molecular formula is C30H46N6O4. The molecule has 4 atom stereocenters. The fraction of sp³-hybridized carbons (Fsp3) is 0.667. The highest BCUT2D eigenvalue weighted by Crippen LogP contribution is 2.30. The van der Waals surface area contributed by atoms with Gasteiger partial charge in [-0.1, -0.05) is 51.0 Å². The summed E-state index contributed by atoms with van der Waals surface area (Å²) < 4.78 is 0. The molecule has 10 heteroatoms. The Morgan fingerprint density at radius 3 is 2.35 bits per heavy atom. The lowest BCUT2D eigenvalue weighted by Crippen LogP contribution is -2.66. The van der Waals surface area contributed by atoms with Crippen LogP contribution in [0.5, 0.6) is 0 Å². The highest BCUT2D eigenvalue weighted by Gasteiger charge is 2.41. The lowest BCUT2D eigenvalue weighted by Gasteiger charge is -2.43. The van der Waals surface area contributed by atoms with Crippen LogP contribution in [-0.4, -0.2) is 84.4 Å². The van der Waals surface area contributed by atoms with Crippen LogP contribution in [0.15, 0.2) is 24.3 Å². The van der Waals surface area contributed by atoms with Crippen LogP contribution >= 0.6 is 0 Å². The molecule has 4 N–H and O–H groups in total. The van der Waals surface area contributed by atoms with E-state index < -0.39 is 18.1 Å². The number of carbonyl (C=O) groups excluding carboxylic acids is 4. The van der Waals surface area contributed by atoms with Crippen molar-refractivity contribution in [2.75, 3.05) is 26.7 Å². The van der Waals surface area contributed by atoms with E-state index in [9.17, 15) is 19.2 Å². The van der Waals surface area contributed by atoms with Crippen LogP contribution in [0.25, 0.3) is 0 Å². The SMILES string of the molecule is CN[C@@H](C)C(=O)N[C@H](C(=O)N1CCN(C(=O)NC2CCCC2)C[C@H]1C(=O)NC1CCCc2ccccc21)C(C)C. The van der Waals surface area contributed by atoms with Gasteiger partial charge in [-0.15, -0.1) is 0 Å². The third-order valence-corrected chi connectivity index (χ3v) is 8.68. The predicted molar refractivity (Wildman–Crippen MR) is 153 cm³/mol. The van der Waals surface area contributed by atoms with Crippen molar-refractivity contribution in [1.82, 2.24) is 31.1 Å². The first kappa shape index (κ1) is 29.8. The van der Waals surface area contributed by atoms with Crippen molar-refractivity contribution in [1.29, 1.82) is 0 Å². The van der Waals surface area contributed by atoms with Crippen molar-refractivity contribution in [3.05, 3.63) is 35.4 Å². The van der Waals surface area contributed by atoms with E-state index in [1.54, 1.807) is 23.8 Å². The lowest BCUT2D eigenvalue weighted by atomic mass is 9.87. The summed E-state index contributed by atoms with van der Waals surface area (Å²) >= 11 is 0. The molecule has 0 radical (unpaired) electrons. The summed E-state index contributed by atoms with van der Waals surface area (Å²) in [5.74, 6) is -1.03. The number of carbonyl (C=O) groups is 4. The molecule has 0 aromatic heterocycles. The highest BCUT2D eigenvalue weighted by molar-refractivity contribution is 5.94. The van der Waals surface area contributed by atoms with Crippen LogP contribution in [-0.2, 0) is 20.8 Å². The van der Waals surface area contributed by atoms with E-state index in [0.717, 1.165) is 50.5 Å². The van der Waals surface area contributed by atoms with E-state index >= 15 is 0 Å². The van der Waals surface area contributed by atoms with E-state index in [2.05, 4.69) is 33.4 Å². The molecular weight excluding hydrogens is 508 g/mol. The summed E-state index contributed by atoms with van der Waals surface area (Å²) in [6.45, 7) is 6.15. The maximum atomic E-state index is 13.9. The number of hydrogen-bond donors (Lipinski definition) is 4. The summed E-state index contributed by atoms with van der Waals surface area (Å²) in [7, 11) is 1.69. The van der Waals surface area contributed by atoms with Crippen molar-refractivity contribution in [3.63, 3.8) is 0 Å². The number of likely N-dealkylation sites (N-methyl/N-ethyl adjacent to an activating group) is 1. The zero-order valence-corrected chi connectivity index (χ0v) is 24.4. The topological polar surface area (TPSA) is 123 Å². The van der Waals surface area contributed by atoms with Crippen molar-refractivity contribution in [3.8, 4) is 0 Å². The molecule has 40 heavy (non-hydrogen) atoms. The Bertz CT molecular complexity index is 1070. The molecule has 2 aliphatic carbocycles. The van der Waals surface area contributed by atoms with Gasteiger partial charge in [-0.2, -0.15) is 0 Å². The number of urea groups is 1. The quantitative estimate of drug-likeness (QED) is 0.392. The molecule has 4 rings (SSSR count). The van der Waals surface area contributed by atoms with Gasteiger partial charge in [-0.25, -0.2) is 4.79 Å². The largest absolute Gasteiger partial charge is 0.347 e. The highest BCUT2D eigenvalue weighted by atomic mass is 16.2. The number of hydrogen-bond acceptors (Lipinski definition) is 5. The van der Waals surface area contributed by atoms with Crippen LogP contribution in [0, 0.1) is 5.92 Å². The molecule has 3 aliphatic rings. The van der Waals surface area contributed by atoms with Gasteiger partial charge >= 0.3 is 6.03 Å². The van der Waals surface area contributed by atoms with Gasteiger partial charge in [0.25, 0.3) is 0 Å². The number of nitrogens with zero attached hydrogens (tertiary/aromatic N) is 2. The summed E-state index contributed by atoms with van der Waals surface area (Å²) in [6.07, 6.45) is 6.92. The lowest BCUT2D eigenvalue weighted by molar-refractivity contribution is -0.147. The maximum Gasteiger partial charge on any atom is 0.317 e. The van der Waals surface area contributed by atoms with E-state index in [1.165, 1.54) is 5.56 Å². The second-order valence-corrected chi connectivity index (χ2v) is 11.8. The molecule has 1 saturated carbocycles. The van der Waals surface area contributed by atoms with Crippen molar-refractivity contribution in [2.45, 2.75) is 95.9 Å². The Balaban J connectivity index is 1.54. The monoisotopic (exact) mass is 554 g/mol. The Labute approximate surface area is 238 Å². The van der Waals surface area contributed by atoms with Gasteiger partial charge in [0.15, 0.2) is 0 Å². The fourth-order valence-corrected chi connectivity index (χ4v) is 6.06. The number of benzene rings is 1. The molecule has 1 aromatic rings. The summed E-state index contributed by atoms with van der Waals surface area (Å²) in [5, 5.41) is 12.1. The first-order chi connectivity index (χ1) is 19.2. The number of amides is 5. The fourth-order valence-electron chi connectivity index (χ4n) is 6.06. The standard InChI is InChI=1S/C30H46N6O4/c1-19(2)26(34-27(37)20(3)31-4)29(39)36-17-16-35(30(40)32-22-12-6-7-13-22)18-25(36)28(38)33-24-15-9-11-21-10-5-8-14-23(21)24/h5,8,10,14,19-20,22,24-26,31H,6-7,9,11-13,15-18H2,1-4H3,(H,32,40)(H,33,38)(H,34,37)/t20-,24?,25-,26-/m0/s1. The first-order valence-corrected chi connectivity index (χ1v) is 14.9. The maximum absolute atomic E-state index is 13.9. The molecule has 0 spiro atoms. The van der Waals surface area contributed by atoms with Gasteiger partial charge < -0.3 is 31.1 Å². The molecule has 5 amide bonds. The average Bonchev–Trinajstić information content (AvgIpc) is 3.47. The number of nitrogens with one attached hydrogen (secondary N) is 4. The summed E-state index contributed by atoms with van der Waals surface area (Å²) in [5.41, 5.74) is 2.34. The molecule has 10 nitrogen and oxygen atoms in total. The van der Waals surface area contributed by atoms with Crippen LogP contribution < -0.4 is 21.3 Å². The molecule has 2 fully saturated rings. The van der Waals surface area contributed by atoms with E-state index in [1.807, 2.05) is 26.0 Å². The number of fused-ring (bicyclic) bond motifs is 1. The van der Waals surface area contributed by atoms with Gasteiger partial charge in [-0.05, 0) is 63.1 Å². The second kappa shape index (κ2) is 13.5. The number of piperazine rings is 1. The zero-order valence-electron chi connectivity index (χ0n) is 24.4. The number of aryl methyl sites for hydroxylation is 1. The molecule has 220 valence electrons. The zero-order chi connectivity index (χ0) is 28.8.